The molecule has 2 aromatic rings. The third kappa shape index (κ3) is 2.47. The second kappa shape index (κ2) is 5.36. The molecular weight excluding hydrogens is 272 g/mol. The van der Waals surface area contributed by atoms with E-state index >= 15 is 0 Å². The number of thiazole rings is 1. The van der Waals surface area contributed by atoms with E-state index in [0.29, 0.717) is 6.04 Å². The SMILES string of the molecule is Cc1ncc(C(=O)N2CCCC(n3ccnc3C)C2)s1. The molecular formula is C14H18N4OS. The van der Waals surface area contributed by atoms with E-state index in [4.69, 9.17) is 0 Å². The number of carbonyl (C=O) groups is 1. The van der Waals surface area contributed by atoms with Crippen molar-refractivity contribution >= 4 is 17.2 Å². The minimum absolute atomic E-state index is 0.109. The summed E-state index contributed by atoms with van der Waals surface area (Å²) in [5.41, 5.74) is 0. The molecule has 0 spiro atoms. The van der Waals surface area contributed by atoms with Crippen molar-refractivity contribution in [1.82, 2.24) is 19.4 Å². The number of aromatic nitrogens is 3. The summed E-state index contributed by atoms with van der Waals surface area (Å²) in [5, 5.41) is 0.937. The molecule has 3 heterocycles. The second-order valence-corrected chi connectivity index (χ2v) is 6.41. The molecule has 6 heteroatoms. The van der Waals surface area contributed by atoms with Crippen LogP contribution in [-0.4, -0.2) is 38.4 Å². The first-order chi connectivity index (χ1) is 9.65. The van der Waals surface area contributed by atoms with Gasteiger partial charge in [-0.3, -0.25) is 4.79 Å². The average Bonchev–Trinajstić information content (AvgIpc) is 3.07. The molecule has 20 heavy (non-hydrogen) atoms. The highest BCUT2D eigenvalue weighted by Crippen LogP contribution is 2.25. The van der Waals surface area contributed by atoms with Crippen LogP contribution in [0.15, 0.2) is 18.6 Å². The molecule has 0 aromatic carbocycles. The molecule has 2 aromatic heterocycles. The van der Waals surface area contributed by atoms with Gasteiger partial charge in [-0.1, -0.05) is 0 Å². The zero-order chi connectivity index (χ0) is 14.1. The topological polar surface area (TPSA) is 51.0 Å². The van der Waals surface area contributed by atoms with Gasteiger partial charge in [0, 0.05) is 25.5 Å². The zero-order valence-electron chi connectivity index (χ0n) is 11.7. The van der Waals surface area contributed by atoms with Crippen molar-refractivity contribution in [3.63, 3.8) is 0 Å². The lowest BCUT2D eigenvalue weighted by Crippen LogP contribution is -2.40. The Labute approximate surface area is 122 Å². The lowest BCUT2D eigenvalue weighted by atomic mass is 10.1. The van der Waals surface area contributed by atoms with Crippen LogP contribution in [0, 0.1) is 13.8 Å². The maximum atomic E-state index is 12.5. The van der Waals surface area contributed by atoms with E-state index in [-0.39, 0.29) is 5.91 Å². The number of aryl methyl sites for hydroxylation is 2. The first kappa shape index (κ1) is 13.3. The van der Waals surface area contributed by atoms with Gasteiger partial charge in [0.2, 0.25) is 0 Å². The van der Waals surface area contributed by atoms with Crippen molar-refractivity contribution in [1.29, 1.82) is 0 Å². The Morgan fingerprint density at radius 1 is 1.40 bits per heavy atom. The first-order valence-corrected chi connectivity index (χ1v) is 7.68. The highest BCUT2D eigenvalue weighted by molar-refractivity contribution is 7.13. The quantitative estimate of drug-likeness (QED) is 0.853. The Morgan fingerprint density at radius 2 is 2.25 bits per heavy atom. The smallest absolute Gasteiger partial charge is 0.265 e. The maximum absolute atomic E-state index is 12.5. The fraction of sp³-hybridized carbons (Fsp3) is 0.500. The minimum Gasteiger partial charge on any atom is -0.336 e. The van der Waals surface area contributed by atoms with Crippen LogP contribution < -0.4 is 0 Å². The molecule has 106 valence electrons. The molecule has 5 nitrogen and oxygen atoms in total. The number of carbonyl (C=O) groups excluding carboxylic acids is 1. The summed E-state index contributed by atoms with van der Waals surface area (Å²) in [7, 11) is 0. The summed E-state index contributed by atoms with van der Waals surface area (Å²) in [6.07, 6.45) is 7.65. The van der Waals surface area contributed by atoms with Gasteiger partial charge in [-0.2, -0.15) is 0 Å². The lowest BCUT2D eigenvalue weighted by molar-refractivity contribution is 0.0683. The van der Waals surface area contributed by atoms with Crippen LogP contribution in [-0.2, 0) is 0 Å². The second-order valence-electron chi connectivity index (χ2n) is 5.17. The molecule has 0 N–H and O–H groups in total. The van der Waals surface area contributed by atoms with E-state index in [1.54, 1.807) is 6.20 Å². The summed E-state index contributed by atoms with van der Waals surface area (Å²) in [6.45, 7) is 5.52. The number of hydrogen-bond acceptors (Lipinski definition) is 4. The van der Waals surface area contributed by atoms with Crippen LogP contribution in [0.2, 0.25) is 0 Å². The van der Waals surface area contributed by atoms with Gasteiger partial charge in [-0.25, -0.2) is 9.97 Å². The molecule has 1 unspecified atom stereocenters. The van der Waals surface area contributed by atoms with Crippen LogP contribution in [0.4, 0.5) is 0 Å². The van der Waals surface area contributed by atoms with Crippen molar-refractivity contribution in [3.05, 3.63) is 34.3 Å². The number of nitrogens with zero attached hydrogens (tertiary/aromatic N) is 4. The van der Waals surface area contributed by atoms with Crippen molar-refractivity contribution in [2.24, 2.45) is 0 Å². The standard InChI is InChI=1S/C14H18N4OS/c1-10-15-5-7-18(10)12-4-3-6-17(9-12)14(19)13-8-16-11(2)20-13/h5,7-8,12H,3-4,6,9H2,1-2H3. The number of imidazole rings is 1. The zero-order valence-corrected chi connectivity index (χ0v) is 12.6. The van der Waals surface area contributed by atoms with E-state index in [1.165, 1.54) is 11.3 Å². The first-order valence-electron chi connectivity index (χ1n) is 6.86. The Balaban J connectivity index is 1.75. The van der Waals surface area contributed by atoms with Gasteiger partial charge in [0.05, 0.1) is 17.2 Å². The van der Waals surface area contributed by atoms with Crippen LogP contribution in [0.5, 0.6) is 0 Å². The Kier molecular flexibility index (Phi) is 3.56. The normalized spacial score (nSPS) is 19.3. The highest BCUT2D eigenvalue weighted by Gasteiger charge is 2.26. The molecule has 0 aliphatic carbocycles. The Hall–Kier alpha value is -1.69. The van der Waals surface area contributed by atoms with E-state index in [9.17, 15) is 4.79 Å². The Bertz CT molecular complexity index is 618. The third-order valence-electron chi connectivity index (χ3n) is 3.77. The van der Waals surface area contributed by atoms with Gasteiger partial charge in [-0.15, -0.1) is 11.3 Å². The van der Waals surface area contributed by atoms with E-state index in [2.05, 4.69) is 14.5 Å². The molecule has 1 aliphatic heterocycles. The van der Waals surface area contributed by atoms with Gasteiger partial charge < -0.3 is 9.47 Å². The van der Waals surface area contributed by atoms with Gasteiger partial charge >= 0.3 is 0 Å². The monoisotopic (exact) mass is 290 g/mol. The van der Waals surface area contributed by atoms with Crippen LogP contribution in [0.1, 0.15) is 39.4 Å². The molecule has 1 aliphatic rings. The highest BCUT2D eigenvalue weighted by atomic mass is 32.1. The molecule has 0 radical (unpaired) electrons. The molecule has 1 amide bonds. The van der Waals surface area contributed by atoms with Crippen molar-refractivity contribution in [2.45, 2.75) is 32.7 Å². The number of hydrogen-bond donors (Lipinski definition) is 0. The van der Waals surface area contributed by atoms with Gasteiger partial charge in [0.1, 0.15) is 10.7 Å². The summed E-state index contributed by atoms with van der Waals surface area (Å²) >= 11 is 1.47. The fourth-order valence-electron chi connectivity index (χ4n) is 2.76. The van der Waals surface area contributed by atoms with Crippen molar-refractivity contribution < 1.29 is 4.79 Å². The third-order valence-corrected chi connectivity index (χ3v) is 4.67. The number of likely N-dealkylation sites (tertiary alicyclic amines) is 1. The molecule has 0 bridgehead atoms. The number of rotatable bonds is 2. The molecule has 1 fully saturated rings. The van der Waals surface area contributed by atoms with Crippen LogP contribution in [0.3, 0.4) is 0 Å². The van der Waals surface area contributed by atoms with Crippen LogP contribution >= 0.6 is 11.3 Å². The lowest BCUT2D eigenvalue weighted by Gasteiger charge is -2.33. The van der Waals surface area contributed by atoms with Gasteiger partial charge in [0.15, 0.2) is 0 Å². The van der Waals surface area contributed by atoms with Gasteiger partial charge in [0.25, 0.3) is 5.91 Å². The predicted molar refractivity (Wildman–Crippen MR) is 78.0 cm³/mol. The largest absolute Gasteiger partial charge is 0.336 e. The number of piperidine rings is 1. The van der Waals surface area contributed by atoms with E-state index in [1.807, 2.05) is 31.1 Å². The van der Waals surface area contributed by atoms with Crippen molar-refractivity contribution in [2.75, 3.05) is 13.1 Å². The average molecular weight is 290 g/mol. The predicted octanol–water partition coefficient (Wildman–Crippen LogP) is 2.43. The van der Waals surface area contributed by atoms with Gasteiger partial charge in [-0.05, 0) is 26.7 Å². The minimum atomic E-state index is 0.109. The summed E-state index contributed by atoms with van der Waals surface area (Å²) in [5.74, 6) is 1.12. The Morgan fingerprint density at radius 3 is 2.90 bits per heavy atom. The summed E-state index contributed by atoms with van der Waals surface area (Å²) < 4.78 is 2.18. The number of amides is 1. The molecule has 0 saturated carbocycles. The van der Waals surface area contributed by atoms with E-state index < -0.39 is 0 Å². The maximum Gasteiger partial charge on any atom is 0.265 e. The molecule has 1 saturated heterocycles. The summed E-state index contributed by atoms with van der Waals surface area (Å²) in [6, 6.07) is 0.337. The fourth-order valence-corrected chi connectivity index (χ4v) is 3.50. The van der Waals surface area contributed by atoms with E-state index in [0.717, 1.165) is 41.6 Å². The van der Waals surface area contributed by atoms with Crippen LogP contribution in [0.25, 0.3) is 0 Å². The molecule has 3 rings (SSSR count). The van der Waals surface area contributed by atoms with Crippen molar-refractivity contribution in [3.8, 4) is 0 Å². The molecule has 1 atom stereocenters. The summed E-state index contributed by atoms with van der Waals surface area (Å²) in [4.78, 5) is 23.6.